The molecule has 19 heavy (non-hydrogen) atoms. The Morgan fingerprint density at radius 1 is 1.26 bits per heavy atom. The molecule has 0 spiro atoms. The quantitative estimate of drug-likeness (QED) is 0.802. The third-order valence-electron chi connectivity index (χ3n) is 3.97. The van der Waals surface area contributed by atoms with Crippen LogP contribution in [-0.4, -0.2) is 24.9 Å². The zero-order valence-electron chi connectivity index (χ0n) is 11.8. The van der Waals surface area contributed by atoms with Crippen LogP contribution in [0.2, 0.25) is 0 Å². The van der Waals surface area contributed by atoms with Gasteiger partial charge in [0, 0.05) is 6.04 Å². The number of nitrogens with one attached hydrogen (secondary N) is 1. The molecule has 106 valence electrons. The molecule has 1 saturated carbocycles. The first-order valence-corrected chi connectivity index (χ1v) is 7.34. The van der Waals surface area contributed by atoms with Gasteiger partial charge in [0.15, 0.2) is 0 Å². The van der Waals surface area contributed by atoms with Crippen molar-refractivity contribution in [3.63, 3.8) is 0 Å². The summed E-state index contributed by atoms with van der Waals surface area (Å²) >= 11 is 0. The number of methoxy groups -OCH3 is 1. The van der Waals surface area contributed by atoms with Crippen molar-refractivity contribution >= 4 is 0 Å². The van der Waals surface area contributed by atoms with Gasteiger partial charge >= 0.3 is 0 Å². The van der Waals surface area contributed by atoms with Gasteiger partial charge in [0.05, 0.1) is 19.8 Å². The molecule has 1 unspecified atom stereocenters. The number of aliphatic hydroxyl groups is 1. The van der Waals surface area contributed by atoms with E-state index >= 15 is 0 Å². The van der Waals surface area contributed by atoms with Gasteiger partial charge in [-0.15, -0.1) is 0 Å². The lowest BCUT2D eigenvalue weighted by atomic mass is 10.0. The molecule has 0 saturated heterocycles. The Kier molecular flexibility index (Phi) is 5.67. The second kappa shape index (κ2) is 7.51. The lowest BCUT2D eigenvalue weighted by Crippen LogP contribution is -2.34. The van der Waals surface area contributed by atoms with Gasteiger partial charge in [-0.1, -0.05) is 37.8 Å². The average molecular weight is 263 g/mol. The van der Waals surface area contributed by atoms with Gasteiger partial charge in [-0.3, -0.25) is 0 Å². The lowest BCUT2D eigenvalue weighted by Gasteiger charge is -2.24. The van der Waals surface area contributed by atoms with E-state index in [2.05, 4.69) is 5.32 Å². The SMILES string of the molecule is COc1cccc(C(CO)NC2CCCCCC2)c1. The fourth-order valence-electron chi connectivity index (χ4n) is 2.84. The molecule has 1 atom stereocenters. The molecule has 0 heterocycles. The minimum absolute atomic E-state index is 0.0122. The van der Waals surface area contributed by atoms with Crippen LogP contribution < -0.4 is 10.1 Å². The molecular weight excluding hydrogens is 238 g/mol. The minimum atomic E-state index is 0.0122. The van der Waals surface area contributed by atoms with Crippen LogP contribution in [0.5, 0.6) is 5.75 Å². The fraction of sp³-hybridized carbons (Fsp3) is 0.625. The molecule has 3 nitrogen and oxygen atoms in total. The maximum absolute atomic E-state index is 9.64. The first-order valence-electron chi connectivity index (χ1n) is 7.34. The van der Waals surface area contributed by atoms with Crippen LogP contribution in [0.15, 0.2) is 24.3 Å². The lowest BCUT2D eigenvalue weighted by molar-refractivity contribution is 0.228. The number of ether oxygens (including phenoxy) is 1. The number of rotatable bonds is 5. The highest BCUT2D eigenvalue weighted by Gasteiger charge is 2.18. The number of hydrogen-bond acceptors (Lipinski definition) is 3. The molecule has 0 aliphatic heterocycles. The van der Waals surface area contributed by atoms with Crippen LogP contribution in [-0.2, 0) is 0 Å². The van der Waals surface area contributed by atoms with Crippen molar-refractivity contribution in [1.82, 2.24) is 5.32 Å². The predicted octanol–water partition coefficient (Wildman–Crippen LogP) is 3.04. The summed E-state index contributed by atoms with van der Waals surface area (Å²) in [6, 6.07) is 8.51. The smallest absolute Gasteiger partial charge is 0.119 e. The van der Waals surface area contributed by atoms with Gasteiger partial charge in [-0.25, -0.2) is 0 Å². The van der Waals surface area contributed by atoms with E-state index in [1.54, 1.807) is 7.11 Å². The Labute approximate surface area is 116 Å². The van der Waals surface area contributed by atoms with Crippen molar-refractivity contribution in [3.05, 3.63) is 29.8 Å². The zero-order valence-corrected chi connectivity index (χ0v) is 11.8. The molecule has 0 amide bonds. The summed E-state index contributed by atoms with van der Waals surface area (Å²) in [4.78, 5) is 0. The Morgan fingerprint density at radius 2 is 2.00 bits per heavy atom. The third-order valence-corrected chi connectivity index (χ3v) is 3.97. The van der Waals surface area contributed by atoms with Crippen molar-refractivity contribution in [3.8, 4) is 5.75 Å². The molecule has 1 aromatic carbocycles. The van der Waals surface area contributed by atoms with E-state index < -0.39 is 0 Å². The van der Waals surface area contributed by atoms with Gasteiger partial charge in [0.2, 0.25) is 0 Å². The Bertz CT molecular complexity index is 373. The average Bonchev–Trinajstić information content (AvgIpc) is 2.73. The predicted molar refractivity (Wildman–Crippen MR) is 77.4 cm³/mol. The highest BCUT2D eigenvalue weighted by Crippen LogP contribution is 2.23. The molecule has 0 radical (unpaired) electrons. The summed E-state index contributed by atoms with van der Waals surface area (Å²) in [6.45, 7) is 0.129. The van der Waals surface area contributed by atoms with E-state index in [1.165, 1.54) is 38.5 Å². The van der Waals surface area contributed by atoms with E-state index in [0.29, 0.717) is 6.04 Å². The minimum Gasteiger partial charge on any atom is -0.497 e. The first-order chi connectivity index (χ1) is 9.33. The molecular formula is C16H25NO2. The van der Waals surface area contributed by atoms with Gasteiger partial charge in [0.25, 0.3) is 0 Å². The molecule has 1 aliphatic carbocycles. The van der Waals surface area contributed by atoms with Gasteiger partial charge < -0.3 is 15.2 Å². The summed E-state index contributed by atoms with van der Waals surface area (Å²) < 4.78 is 5.25. The molecule has 0 aromatic heterocycles. The van der Waals surface area contributed by atoms with Crippen LogP contribution in [0, 0.1) is 0 Å². The third kappa shape index (κ3) is 4.22. The summed E-state index contributed by atoms with van der Waals surface area (Å²) in [6.07, 6.45) is 7.74. The van der Waals surface area contributed by atoms with Crippen molar-refractivity contribution in [2.24, 2.45) is 0 Å². The highest BCUT2D eigenvalue weighted by molar-refractivity contribution is 5.30. The normalized spacial score (nSPS) is 18.8. The largest absolute Gasteiger partial charge is 0.497 e. The van der Waals surface area contributed by atoms with Crippen LogP contribution >= 0.6 is 0 Å². The molecule has 1 fully saturated rings. The summed E-state index contributed by atoms with van der Waals surface area (Å²) in [5.74, 6) is 0.846. The Balaban J connectivity index is 2.01. The number of benzene rings is 1. The number of aliphatic hydroxyl groups excluding tert-OH is 1. The standard InChI is InChI=1S/C16H25NO2/c1-19-15-10-6-7-13(11-15)16(12-18)17-14-8-4-2-3-5-9-14/h6-7,10-11,14,16-18H,2-5,8-9,12H2,1H3. The first kappa shape index (κ1) is 14.4. The molecule has 1 aliphatic rings. The highest BCUT2D eigenvalue weighted by atomic mass is 16.5. The summed E-state index contributed by atoms with van der Waals surface area (Å²) in [5.41, 5.74) is 1.10. The second-order valence-corrected chi connectivity index (χ2v) is 5.37. The molecule has 2 rings (SSSR count). The van der Waals surface area contributed by atoms with Gasteiger partial charge in [-0.05, 0) is 30.5 Å². The maximum atomic E-state index is 9.64. The van der Waals surface area contributed by atoms with Crippen LogP contribution in [0.1, 0.15) is 50.1 Å². The number of hydrogen-bond donors (Lipinski definition) is 2. The van der Waals surface area contributed by atoms with Crippen molar-refractivity contribution < 1.29 is 9.84 Å². The van der Waals surface area contributed by atoms with E-state index in [9.17, 15) is 5.11 Å². The summed E-state index contributed by atoms with van der Waals surface area (Å²) in [5, 5.41) is 13.2. The van der Waals surface area contributed by atoms with Gasteiger partial charge in [0.1, 0.15) is 5.75 Å². The van der Waals surface area contributed by atoms with E-state index in [4.69, 9.17) is 4.74 Å². The Hall–Kier alpha value is -1.06. The van der Waals surface area contributed by atoms with Crippen molar-refractivity contribution in [2.45, 2.75) is 50.6 Å². The molecule has 2 N–H and O–H groups in total. The van der Waals surface area contributed by atoms with Crippen LogP contribution in [0.25, 0.3) is 0 Å². The fourth-order valence-corrected chi connectivity index (χ4v) is 2.84. The van der Waals surface area contributed by atoms with Crippen molar-refractivity contribution in [2.75, 3.05) is 13.7 Å². The summed E-state index contributed by atoms with van der Waals surface area (Å²) in [7, 11) is 1.67. The van der Waals surface area contributed by atoms with E-state index in [1.807, 2.05) is 24.3 Å². The zero-order chi connectivity index (χ0) is 13.5. The van der Waals surface area contributed by atoms with E-state index in [-0.39, 0.29) is 12.6 Å². The molecule has 3 heteroatoms. The monoisotopic (exact) mass is 263 g/mol. The van der Waals surface area contributed by atoms with Crippen LogP contribution in [0.4, 0.5) is 0 Å². The van der Waals surface area contributed by atoms with Crippen molar-refractivity contribution in [1.29, 1.82) is 0 Å². The Morgan fingerprint density at radius 3 is 2.63 bits per heavy atom. The van der Waals surface area contributed by atoms with Gasteiger partial charge in [-0.2, -0.15) is 0 Å². The topological polar surface area (TPSA) is 41.5 Å². The second-order valence-electron chi connectivity index (χ2n) is 5.37. The van der Waals surface area contributed by atoms with E-state index in [0.717, 1.165) is 11.3 Å². The molecule has 0 bridgehead atoms. The molecule has 1 aromatic rings. The maximum Gasteiger partial charge on any atom is 0.119 e. The van der Waals surface area contributed by atoms with Crippen LogP contribution in [0.3, 0.4) is 0 Å².